The van der Waals surface area contributed by atoms with E-state index in [1.807, 2.05) is 6.07 Å². The minimum Gasteiger partial charge on any atom is -0.378 e. The summed E-state index contributed by atoms with van der Waals surface area (Å²) in [6, 6.07) is 5.57. The van der Waals surface area contributed by atoms with Crippen LogP contribution in [0.3, 0.4) is 0 Å². The number of nitriles is 1. The van der Waals surface area contributed by atoms with Crippen molar-refractivity contribution in [3.05, 3.63) is 34.1 Å². The molecule has 6 heteroatoms. The van der Waals surface area contributed by atoms with Gasteiger partial charge in [0.1, 0.15) is 16.8 Å². The van der Waals surface area contributed by atoms with Gasteiger partial charge < -0.3 is 9.64 Å². The Labute approximate surface area is 140 Å². The first-order valence-electron chi connectivity index (χ1n) is 7.61. The van der Waals surface area contributed by atoms with Crippen molar-refractivity contribution in [3.63, 3.8) is 0 Å². The van der Waals surface area contributed by atoms with Gasteiger partial charge in [-0.25, -0.2) is 4.98 Å². The van der Waals surface area contributed by atoms with E-state index in [-0.39, 0.29) is 23.4 Å². The number of halogens is 1. The third kappa shape index (κ3) is 2.85. The molecule has 5 nitrogen and oxygen atoms in total. The molecule has 1 aliphatic carbocycles. The quantitative estimate of drug-likeness (QED) is 0.779. The molecule has 0 atom stereocenters. The van der Waals surface area contributed by atoms with Gasteiger partial charge in [0.25, 0.3) is 0 Å². The summed E-state index contributed by atoms with van der Waals surface area (Å²) in [4.78, 5) is 18.8. The number of carbonyl (C=O) groups is 1. The molecular weight excluding hydrogens is 314 g/mol. The molecule has 1 aromatic rings. The van der Waals surface area contributed by atoms with Crippen LogP contribution in [0.25, 0.3) is 5.70 Å². The van der Waals surface area contributed by atoms with E-state index >= 15 is 0 Å². The van der Waals surface area contributed by atoms with Crippen LogP contribution in [-0.2, 0) is 16.0 Å². The third-order valence-corrected chi connectivity index (χ3v) is 4.99. The molecule has 1 fully saturated rings. The first-order valence-corrected chi connectivity index (χ1v) is 7.99. The molecule has 0 spiro atoms. The number of pyridine rings is 1. The number of fused-ring (bicyclic) bond motifs is 1. The second-order valence-corrected chi connectivity index (χ2v) is 6.61. The van der Waals surface area contributed by atoms with Crippen molar-refractivity contribution in [2.45, 2.75) is 31.8 Å². The number of piperidine rings is 1. The molecule has 0 saturated carbocycles. The molecule has 0 aromatic carbocycles. The normalized spacial score (nSPS) is 20.3. The zero-order valence-corrected chi connectivity index (χ0v) is 14.0. The number of nitrogens with zero attached hydrogens (tertiary/aromatic N) is 3. The summed E-state index contributed by atoms with van der Waals surface area (Å²) in [7, 11) is 1.72. The smallest absolute Gasteiger partial charge is 0.180 e. The van der Waals surface area contributed by atoms with Crippen LogP contribution in [0.1, 0.15) is 31.0 Å². The van der Waals surface area contributed by atoms with E-state index in [0.717, 1.165) is 18.4 Å². The highest BCUT2D eigenvalue weighted by Crippen LogP contribution is 2.35. The van der Waals surface area contributed by atoms with E-state index < -0.39 is 0 Å². The molecular formula is C17H18ClN3O2. The summed E-state index contributed by atoms with van der Waals surface area (Å²) in [5, 5.41) is 9.83. The zero-order chi connectivity index (χ0) is 16.6. The molecule has 2 aliphatic rings. The molecule has 1 aliphatic heterocycles. The zero-order valence-electron chi connectivity index (χ0n) is 13.2. The van der Waals surface area contributed by atoms with Crippen molar-refractivity contribution in [3.8, 4) is 6.07 Å². The fraction of sp³-hybridized carbons (Fsp3) is 0.471. The molecule has 23 heavy (non-hydrogen) atoms. The van der Waals surface area contributed by atoms with Gasteiger partial charge in [-0.1, -0.05) is 17.7 Å². The van der Waals surface area contributed by atoms with Gasteiger partial charge in [-0.15, -0.1) is 0 Å². The Kier molecular flexibility index (Phi) is 4.13. The van der Waals surface area contributed by atoms with Crippen LogP contribution in [-0.4, -0.2) is 41.5 Å². The lowest BCUT2D eigenvalue weighted by Gasteiger charge is -2.41. The predicted molar refractivity (Wildman–Crippen MR) is 86.7 cm³/mol. The second kappa shape index (κ2) is 5.95. The number of carbonyl (C=O) groups excluding carboxylic acids is 1. The number of rotatable bonds is 2. The fourth-order valence-corrected chi connectivity index (χ4v) is 3.30. The molecule has 3 rings (SSSR count). The van der Waals surface area contributed by atoms with E-state index in [4.69, 9.17) is 16.3 Å². The molecule has 1 saturated heterocycles. The van der Waals surface area contributed by atoms with E-state index in [1.165, 1.54) is 0 Å². The van der Waals surface area contributed by atoms with Gasteiger partial charge in [0, 0.05) is 26.6 Å². The van der Waals surface area contributed by atoms with E-state index in [9.17, 15) is 10.1 Å². The van der Waals surface area contributed by atoms with Crippen molar-refractivity contribution in [1.82, 2.24) is 9.88 Å². The highest BCUT2D eigenvalue weighted by Gasteiger charge is 2.35. The van der Waals surface area contributed by atoms with Crippen molar-refractivity contribution >= 4 is 23.1 Å². The van der Waals surface area contributed by atoms with Gasteiger partial charge >= 0.3 is 0 Å². The Hall–Kier alpha value is -1.90. The molecule has 2 heterocycles. The molecule has 120 valence electrons. The van der Waals surface area contributed by atoms with E-state index in [0.29, 0.717) is 29.6 Å². The molecule has 0 amide bonds. The maximum absolute atomic E-state index is 12.3. The number of hydrogen-bond acceptors (Lipinski definition) is 5. The molecule has 0 unspecified atom stereocenters. The van der Waals surface area contributed by atoms with Crippen molar-refractivity contribution in [2.75, 3.05) is 20.2 Å². The maximum atomic E-state index is 12.3. The van der Waals surface area contributed by atoms with Gasteiger partial charge in [0.05, 0.1) is 17.0 Å². The lowest BCUT2D eigenvalue weighted by atomic mass is 9.88. The number of aromatic nitrogens is 1. The molecule has 0 bridgehead atoms. The Morgan fingerprint density at radius 1 is 1.39 bits per heavy atom. The van der Waals surface area contributed by atoms with Gasteiger partial charge in [-0.3, -0.25) is 4.79 Å². The Morgan fingerprint density at radius 2 is 2.09 bits per heavy atom. The van der Waals surface area contributed by atoms with Crippen molar-refractivity contribution in [1.29, 1.82) is 5.26 Å². The number of Topliss-reactive ketones (excluding diaryl/α,β-unsaturated/α-hetero) is 1. The average Bonchev–Trinajstić information content (AvgIpc) is 2.55. The van der Waals surface area contributed by atoms with Crippen LogP contribution in [0, 0.1) is 11.3 Å². The Balaban J connectivity index is 2.03. The molecule has 0 N–H and O–H groups in total. The number of ketones is 1. The van der Waals surface area contributed by atoms with Gasteiger partial charge in [0.2, 0.25) is 0 Å². The fourth-order valence-electron chi connectivity index (χ4n) is 3.15. The summed E-state index contributed by atoms with van der Waals surface area (Å²) in [5.74, 6) is -0.154. The van der Waals surface area contributed by atoms with Crippen LogP contribution < -0.4 is 0 Å². The van der Waals surface area contributed by atoms with Gasteiger partial charge in [-0.2, -0.15) is 5.26 Å². The monoisotopic (exact) mass is 331 g/mol. The second-order valence-electron chi connectivity index (χ2n) is 6.22. The van der Waals surface area contributed by atoms with Crippen LogP contribution in [0.15, 0.2) is 17.7 Å². The van der Waals surface area contributed by atoms with Crippen LogP contribution in [0.4, 0.5) is 0 Å². The number of ether oxygens (including phenoxy) is 1. The van der Waals surface area contributed by atoms with Crippen molar-refractivity contribution in [2.24, 2.45) is 0 Å². The van der Waals surface area contributed by atoms with Crippen LogP contribution in [0.2, 0.25) is 5.15 Å². The van der Waals surface area contributed by atoms with Crippen LogP contribution in [0.5, 0.6) is 0 Å². The SMILES string of the molecule is COC1(C)CCN(C2=C(C#N)C(=O)Cc3ccc(Cl)nc32)CC1. The van der Waals surface area contributed by atoms with E-state index in [1.54, 1.807) is 13.2 Å². The highest BCUT2D eigenvalue weighted by molar-refractivity contribution is 6.29. The van der Waals surface area contributed by atoms with Crippen molar-refractivity contribution < 1.29 is 9.53 Å². The minimum absolute atomic E-state index is 0.154. The predicted octanol–water partition coefficient (Wildman–Crippen LogP) is 2.60. The van der Waals surface area contributed by atoms with Gasteiger partial charge in [-0.05, 0) is 31.4 Å². The number of allylic oxidation sites excluding steroid dienone is 1. The first-order chi connectivity index (χ1) is 11.0. The van der Waals surface area contributed by atoms with Gasteiger partial charge in [0.15, 0.2) is 5.78 Å². The average molecular weight is 332 g/mol. The first kappa shape index (κ1) is 16.0. The maximum Gasteiger partial charge on any atom is 0.180 e. The minimum atomic E-state index is -0.160. The van der Waals surface area contributed by atoms with E-state index in [2.05, 4.69) is 22.9 Å². The summed E-state index contributed by atoms with van der Waals surface area (Å²) in [6.07, 6.45) is 1.86. The Bertz CT molecular complexity index is 728. The lowest BCUT2D eigenvalue weighted by molar-refractivity contribution is -0.114. The number of hydrogen-bond donors (Lipinski definition) is 0. The number of likely N-dealkylation sites (tertiary alicyclic amines) is 1. The highest BCUT2D eigenvalue weighted by atomic mass is 35.5. The summed E-state index contributed by atoms with van der Waals surface area (Å²) in [6.45, 7) is 3.51. The summed E-state index contributed by atoms with van der Waals surface area (Å²) >= 11 is 6.04. The Morgan fingerprint density at radius 3 is 2.70 bits per heavy atom. The molecule has 1 aromatic heterocycles. The number of methoxy groups -OCH3 is 1. The largest absolute Gasteiger partial charge is 0.378 e. The standard InChI is InChI=1S/C17H18ClN3O2/c1-17(23-2)5-7-21(8-6-17)16-12(10-19)13(22)9-11-3-4-14(18)20-15(11)16/h3-4H,5-9H2,1-2H3. The topological polar surface area (TPSA) is 66.2 Å². The lowest BCUT2D eigenvalue weighted by Crippen LogP contribution is -2.44. The summed E-state index contributed by atoms with van der Waals surface area (Å²) in [5.41, 5.74) is 2.14. The molecule has 0 radical (unpaired) electrons. The third-order valence-electron chi connectivity index (χ3n) is 4.78. The summed E-state index contributed by atoms with van der Waals surface area (Å²) < 4.78 is 5.57. The van der Waals surface area contributed by atoms with Crippen LogP contribution >= 0.6 is 11.6 Å².